The fourth-order valence-electron chi connectivity index (χ4n) is 3.28. The van der Waals surface area contributed by atoms with E-state index in [1.165, 1.54) is 0 Å². The van der Waals surface area contributed by atoms with Crippen molar-refractivity contribution in [3.05, 3.63) is 82.2 Å². The maximum atomic E-state index is 13.1. The highest BCUT2D eigenvalue weighted by Crippen LogP contribution is 2.26. The summed E-state index contributed by atoms with van der Waals surface area (Å²) in [5.74, 6) is 0. The minimum atomic E-state index is -3.62. The molecular weight excluding hydrogens is 358 g/mol. The van der Waals surface area contributed by atoms with Gasteiger partial charge in [0, 0.05) is 18.9 Å². The zero-order valence-electron chi connectivity index (χ0n) is 16.2. The van der Waals surface area contributed by atoms with E-state index in [2.05, 4.69) is 9.82 Å². The maximum Gasteiger partial charge on any atom is 0.241 e. The summed E-state index contributed by atoms with van der Waals surface area (Å²) in [5.41, 5.74) is 5.55. The van der Waals surface area contributed by atoms with Crippen molar-refractivity contribution < 1.29 is 8.42 Å². The van der Waals surface area contributed by atoms with Gasteiger partial charge in [-0.2, -0.15) is 5.10 Å². The van der Waals surface area contributed by atoms with Crippen LogP contribution >= 0.6 is 0 Å². The van der Waals surface area contributed by atoms with Crippen LogP contribution in [-0.2, 0) is 23.1 Å². The first kappa shape index (κ1) is 19.3. The third kappa shape index (κ3) is 4.12. The second-order valence-corrected chi connectivity index (χ2v) is 8.59. The highest BCUT2D eigenvalue weighted by Gasteiger charge is 2.22. The van der Waals surface area contributed by atoms with Crippen LogP contribution in [0.3, 0.4) is 0 Å². The summed E-state index contributed by atoms with van der Waals surface area (Å²) in [6, 6.07) is 11.7. The molecule has 0 aliphatic heterocycles. The van der Waals surface area contributed by atoms with Gasteiger partial charge in [-0.1, -0.05) is 30.3 Å². The summed E-state index contributed by atoms with van der Waals surface area (Å²) in [5, 5.41) is 4.23. The van der Waals surface area contributed by atoms with Crippen LogP contribution in [0.5, 0.6) is 0 Å². The van der Waals surface area contributed by atoms with Crippen molar-refractivity contribution >= 4 is 10.0 Å². The third-order valence-electron chi connectivity index (χ3n) is 5.03. The van der Waals surface area contributed by atoms with Crippen LogP contribution in [0.25, 0.3) is 0 Å². The molecule has 2 aromatic carbocycles. The number of sulfonamides is 1. The zero-order chi connectivity index (χ0) is 19.6. The number of aromatic nitrogens is 2. The van der Waals surface area contributed by atoms with Gasteiger partial charge >= 0.3 is 0 Å². The molecule has 0 saturated carbocycles. The molecular formula is C21H25N3O2S. The summed E-state index contributed by atoms with van der Waals surface area (Å²) in [6.07, 6.45) is 3.63. The Labute approximate surface area is 161 Å². The van der Waals surface area contributed by atoms with E-state index in [1.807, 2.05) is 75.0 Å². The molecule has 0 aliphatic carbocycles. The molecule has 0 fully saturated rings. The van der Waals surface area contributed by atoms with E-state index in [0.717, 1.165) is 33.4 Å². The smallest absolute Gasteiger partial charge is 0.241 e. The van der Waals surface area contributed by atoms with Gasteiger partial charge in [-0.25, -0.2) is 13.1 Å². The van der Waals surface area contributed by atoms with Crippen LogP contribution in [0, 0.1) is 27.7 Å². The molecule has 27 heavy (non-hydrogen) atoms. The first-order valence-electron chi connectivity index (χ1n) is 8.91. The third-order valence-corrected chi connectivity index (χ3v) is 6.70. The van der Waals surface area contributed by atoms with Gasteiger partial charge in [-0.05, 0) is 67.1 Å². The van der Waals surface area contributed by atoms with E-state index in [4.69, 9.17) is 0 Å². The molecule has 142 valence electrons. The largest absolute Gasteiger partial charge is 0.268 e. The van der Waals surface area contributed by atoms with Crippen LogP contribution in [0.4, 0.5) is 0 Å². The molecule has 1 N–H and O–H groups in total. The Balaban J connectivity index is 1.87. The zero-order valence-corrected chi connectivity index (χ0v) is 17.0. The molecule has 0 aliphatic rings. The number of nitrogens with zero attached hydrogens (tertiary/aromatic N) is 2. The Kier molecular flexibility index (Phi) is 5.48. The minimum absolute atomic E-state index is 0.242. The fourth-order valence-corrected chi connectivity index (χ4v) is 4.90. The van der Waals surface area contributed by atoms with Gasteiger partial charge in [0.2, 0.25) is 10.0 Å². The molecule has 3 aromatic rings. The van der Waals surface area contributed by atoms with Crippen LogP contribution in [0.15, 0.2) is 53.7 Å². The van der Waals surface area contributed by atoms with Gasteiger partial charge in [-0.3, -0.25) is 4.68 Å². The number of aryl methyl sites for hydroxylation is 2. The molecule has 0 radical (unpaired) electrons. The first-order valence-corrected chi connectivity index (χ1v) is 10.4. The minimum Gasteiger partial charge on any atom is -0.268 e. The predicted octanol–water partition coefficient (Wildman–Crippen LogP) is 3.64. The van der Waals surface area contributed by atoms with E-state index in [1.54, 1.807) is 6.20 Å². The number of rotatable bonds is 6. The van der Waals surface area contributed by atoms with E-state index >= 15 is 0 Å². The Hall–Kier alpha value is -2.44. The average Bonchev–Trinajstić information content (AvgIpc) is 3.12. The standard InChI is InChI=1S/C21H25N3O2S/c1-15-12-16(2)18(4)21(17(15)3)27(25,26)23-13-19-8-5-6-9-20(19)14-24-11-7-10-22-24/h5-12,23H,13-14H2,1-4H3. The molecule has 0 saturated heterocycles. The Bertz CT molecular complexity index is 1030. The van der Waals surface area contributed by atoms with Crippen LogP contribution in [-0.4, -0.2) is 18.2 Å². The summed E-state index contributed by atoms with van der Waals surface area (Å²) in [7, 11) is -3.62. The normalized spacial score (nSPS) is 11.7. The topological polar surface area (TPSA) is 64.0 Å². The van der Waals surface area contributed by atoms with Crippen molar-refractivity contribution in [1.29, 1.82) is 0 Å². The second-order valence-electron chi connectivity index (χ2n) is 6.89. The fraction of sp³-hybridized carbons (Fsp3) is 0.286. The lowest BCUT2D eigenvalue weighted by Gasteiger charge is -2.17. The van der Waals surface area contributed by atoms with E-state index in [-0.39, 0.29) is 6.54 Å². The Morgan fingerprint density at radius 3 is 2.19 bits per heavy atom. The van der Waals surface area contributed by atoms with Gasteiger partial charge in [-0.15, -0.1) is 0 Å². The van der Waals surface area contributed by atoms with Gasteiger partial charge in [0.1, 0.15) is 0 Å². The SMILES string of the molecule is Cc1cc(C)c(C)c(S(=O)(=O)NCc2ccccc2Cn2cccn2)c1C. The molecule has 1 aromatic heterocycles. The highest BCUT2D eigenvalue weighted by molar-refractivity contribution is 7.89. The molecule has 0 amide bonds. The van der Waals surface area contributed by atoms with Crippen LogP contribution < -0.4 is 4.72 Å². The van der Waals surface area contributed by atoms with Crippen LogP contribution in [0.2, 0.25) is 0 Å². The van der Waals surface area contributed by atoms with Gasteiger partial charge < -0.3 is 0 Å². The Morgan fingerprint density at radius 1 is 0.963 bits per heavy atom. The highest BCUT2D eigenvalue weighted by atomic mass is 32.2. The van der Waals surface area contributed by atoms with E-state index < -0.39 is 10.0 Å². The molecule has 6 heteroatoms. The maximum absolute atomic E-state index is 13.1. The van der Waals surface area contributed by atoms with Crippen molar-refractivity contribution in [2.24, 2.45) is 0 Å². The molecule has 0 bridgehead atoms. The monoisotopic (exact) mass is 383 g/mol. The molecule has 5 nitrogen and oxygen atoms in total. The van der Waals surface area contributed by atoms with Crippen LogP contribution in [0.1, 0.15) is 33.4 Å². The molecule has 0 atom stereocenters. The summed E-state index contributed by atoms with van der Waals surface area (Å²) in [6.45, 7) is 8.46. The van der Waals surface area contributed by atoms with Gasteiger partial charge in [0.05, 0.1) is 11.4 Å². The number of hydrogen-bond acceptors (Lipinski definition) is 3. The van der Waals surface area contributed by atoms with Crippen molar-refractivity contribution in [2.75, 3.05) is 0 Å². The lowest BCUT2D eigenvalue weighted by molar-refractivity contribution is 0.579. The van der Waals surface area contributed by atoms with Crippen molar-refractivity contribution in [2.45, 2.75) is 45.7 Å². The lowest BCUT2D eigenvalue weighted by atomic mass is 10.0. The predicted molar refractivity (Wildman–Crippen MR) is 107 cm³/mol. The number of hydrogen-bond donors (Lipinski definition) is 1. The summed E-state index contributed by atoms with van der Waals surface area (Å²) in [4.78, 5) is 0.393. The molecule has 0 unspecified atom stereocenters. The average molecular weight is 384 g/mol. The molecule has 1 heterocycles. The molecule has 0 spiro atoms. The van der Waals surface area contributed by atoms with E-state index in [9.17, 15) is 8.42 Å². The lowest BCUT2D eigenvalue weighted by Crippen LogP contribution is -2.26. The Morgan fingerprint density at radius 2 is 1.59 bits per heavy atom. The van der Waals surface area contributed by atoms with Crippen molar-refractivity contribution in [3.63, 3.8) is 0 Å². The van der Waals surface area contributed by atoms with Crippen molar-refractivity contribution in [1.82, 2.24) is 14.5 Å². The quantitative estimate of drug-likeness (QED) is 0.707. The summed E-state index contributed by atoms with van der Waals surface area (Å²) < 4.78 is 30.7. The molecule has 3 rings (SSSR count). The second kappa shape index (κ2) is 7.66. The van der Waals surface area contributed by atoms with Gasteiger partial charge in [0.25, 0.3) is 0 Å². The van der Waals surface area contributed by atoms with Crippen molar-refractivity contribution in [3.8, 4) is 0 Å². The first-order chi connectivity index (χ1) is 12.8. The summed E-state index contributed by atoms with van der Waals surface area (Å²) >= 11 is 0. The number of benzene rings is 2. The van der Waals surface area contributed by atoms with E-state index in [0.29, 0.717) is 11.4 Å². The number of nitrogens with one attached hydrogen (secondary N) is 1. The van der Waals surface area contributed by atoms with Gasteiger partial charge in [0.15, 0.2) is 0 Å².